The number of nitrogens with zero attached hydrogens (tertiary/aromatic N) is 2. The van der Waals surface area contributed by atoms with E-state index in [1.54, 1.807) is 0 Å². The van der Waals surface area contributed by atoms with Crippen LogP contribution in [0.5, 0.6) is 0 Å². The van der Waals surface area contributed by atoms with Gasteiger partial charge in [0.15, 0.2) is 19.8 Å². The molecular weight excluding hydrogens is 878 g/mol. The third-order valence-electron chi connectivity index (χ3n) is 8.15. The van der Waals surface area contributed by atoms with Crippen molar-refractivity contribution in [3.63, 3.8) is 0 Å². The zero-order chi connectivity index (χ0) is 47.1. The Morgan fingerprint density at radius 3 is 1.24 bits per heavy atom. The highest BCUT2D eigenvalue weighted by atomic mass is 19.4. The maximum Gasteiger partial charge on any atom is 0.430 e. The van der Waals surface area contributed by atoms with Gasteiger partial charge in [0.25, 0.3) is 23.2 Å². The quantitative estimate of drug-likeness (QED) is 0.0480. The minimum atomic E-state index is -6.49. The molecule has 348 valence electrons. The number of halogens is 18. The summed E-state index contributed by atoms with van der Waals surface area (Å²) in [6, 6.07) is 0. The van der Waals surface area contributed by atoms with E-state index in [1.165, 1.54) is 17.7 Å². The van der Waals surface area contributed by atoms with Gasteiger partial charge in [0.2, 0.25) is 12.2 Å². The summed E-state index contributed by atoms with van der Waals surface area (Å²) in [5.41, 5.74) is -11.4. The molecule has 0 bridgehead atoms. The SMILES string of the molecule is CC(F)(C(F)(F)F)C(F)(F)OC(C(=O)NCCC[N+](C)(CCOCC[N+](C)(CNC(=O)C(OC(F)(F)C(C)(F)C(F)(F)F)C(F)(F)F)CC(=O)O)CC(=O)O)C(F)(F)F. The van der Waals surface area contributed by atoms with Crippen molar-refractivity contribution in [2.24, 2.45) is 0 Å². The van der Waals surface area contributed by atoms with Gasteiger partial charge in [0.05, 0.1) is 33.9 Å². The third-order valence-corrected chi connectivity index (χ3v) is 8.15. The van der Waals surface area contributed by atoms with Gasteiger partial charge in [-0.2, -0.15) is 70.2 Å². The van der Waals surface area contributed by atoms with Gasteiger partial charge in [-0.25, -0.2) is 18.4 Å². The monoisotopic (exact) mass is 916 g/mol. The number of rotatable bonds is 24. The molecule has 0 saturated heterocycles. The van der Waals surface area contributed by atoms with E-state index in [9.17, 15) is 108 Å². The van der Waals surface area contributed by atoms with E-state index in [-0.39, 0.29) is 13.1 Å². The lowest BCUT2D eigenvalue weighted by atomic mass is 10.1. The highest BCUT2D eigenvalue weighted by molar-refractivity contribution is 5.82. The van der Waals surface area contributed by atoms with Crippen molar-refractivity contribution >= 4 is 23.8 Å². The second-order valence-corrected chi connectivity index (χ2v) is 13.6. The molecule has 0 aromatic rings. The van der Waals surface area contributed by atoms with E-state index in [0.29, 0.717) is 0 Å². The van der Waals surface area contributed by atoms with Crippen LogP contribution in [0.15, 0.2) is 0 Å². The molecule has 0 spiro atoms. The number of likely N-dealkylation sites (N-methyl/N-ethyl adjacent to an activating group) is 2. The fourth-order valence-corrected chi connectivity index (χ4v) is 4.32. The first-order valence-electron chi connectivity index (χ1n) is 16.0. The van der Waals surface area contributed by atoms with Crippen molar-refractivity contribution in [3.8, 4) is 0 Å². The van der Waals surface area contributed by atoms with E-state index in [0.717, 1.165) is 7.05 Å². The molecule has 31 heteroatoms. The number of hydrogen-bond donors (Lipinski definition) is 4. The Labute approximate surface area is 320 Å². The highest BCUT2D eigenvalue weighted by Crippen LogP contribution is 2.48. The number of carbonyl (C=O) groups excluding carboxylic acids is 2. The fourth-order valence-electron chi connectivity index (χ4n) is 4.32. The van der Waals surface area contributed by atoms with Crippen LogP contribution in [0.2, 0.25) is 0 Å². The number of nitrogens with one attached hydrogen (secondary N) is 2. The van der Waals surface area contributed by atoms with Gasteiger partial charge in [-0.15, -0.1) is 0 Å². The first kappa shape index (κ1) is 55.4. The Morgan fingerprint density at radius 1 is 0.559 bits per heavy atom. The fraction of sp³-hybridized carbons (Fsp3) is 0.857. The second kappa shape index (κ2) is 19.4. The normalized spacial score (nSPS) is 18.7. The summed E-state index contributed by atoms with van der Waals surface area (Å²) in [6.07, 6.45) is -46.9. The van der Waals surface area contributed by atoms with Crippen LogP contribution in [0.3, 0.4) is 0 Å². The molecule has 6 atom stereocenters. The van der Waals surface area contributed by atoms with Crippen molar-refractivity contribution in [3.05, 3.63) is 0 Å². The van der Waals surface area contributed by atoms with Gasteiger partial charge in [-0.3, -0.25) is 23.5 Å². The summed E-state index contributed by atoms with van der Waals surface area (Å²) in [5, 5.41) is 21.3. The van der Waals surface area contributed by atoms with Crippen LogP contribution < -0.4 is 10.6 Å². The van der Waals surface area contributed by atoms with Gasteiger partial charge in [0, 0.05) is 13.0 Å². The van der Waals surface area contributed by atoms with Crippen LogP contribution in [0.1, 0.15) is 20.3 Å². The molecule has 0 fully saturated rings. The van der Waals surface area contributed by atoms with Crippen molar-refractivity contribution < 1.29 is 132 Å². The number of carbonyl (C=O) groups is 4. The van der Waals surface area contributed by atoms with Crippen molar-refractivity contribution in [2.45, 2.75) is 80.7 Å². The second-order valence-electron chi connectivity index (χ2n) is 13.6. The molecule has 0 aliphatic rings. The standard InChI is InChI=1S/C28H36F18N4O9/c1-21(29,25(37,38)39)27(43,44)58-17(23(31,32)33)19(55)47-6-5-7-49(3,12-15(51)52)8-10-57-11-9-50(4,13-16(53)54)14-48-20(56)18(24(34,35)36)59-28(45,46)22(2,30)26(40,41)42/h17-18H,5-14H2,1-4H3,(H2-2,47,48,51,52,53,54,55,56)/p+2. The van der Waals surface area contributed by atoms with Crippen LogP contribution in [0, 0.1) is 0 Å². The van der Waals surface area contributed by atoms with Crippen LogP contribution >= 0.6 is 0 Å². The lowest BCUT2D eigenvalue weighted by Crippen LogP contribution is -2.61. The lowest BCUT2D eigenvalue weighted by molar-refractivity contribution is -0.907. The van der Waals surface area contributed by atoms with E-state index >= 15 is 0 Å². The zero-order valence-electron chi connectivity index (χ0n) is 30.7. The number of hydrogen-bond acceptors (Lipinski definition) is 7. The van der Waals surface area contributed by atoms with E-state index in [1.807, 2.05) is 0 Å². The molecule has 13 nitrogen and oxygen atoms in total. The molecule has 0 aromatic heterocycles. The molecular formula is C28H38F18N4O9+2. The zero-order valence-corrected chi connectivity index (χ0v) is 30.7. The predicted octanol–water partition coefficient (Wildman–Crippen LogP) is 4.31. The van der Waals surface area contributed by atoms with Crippen LogP contribution in [-0.4, -0.2) is 177 Å². The summed E-state index contributed by atoms with van der Waals surface area (Å²) in [4.78, 5) is 47.1. The Balaban J connectivity index is 5.62. The first-order chi connectivity index (χ1) is 26.0. The number of aliphatic carboxylic acids is 2. The Hall–Kier alpha value is -3.58. The van der Waals surface area contributed by atoms with Crippen LogP contribution in [0.4, 0.5) is 79.0 Å². The Kier molecular flexibility index (Phi) is 18.2. The summed E-state index contributed by atoms with van der Waals surface area (Å²) in [7, 11) is 2.14. The van der Waals surface area contributed by atoms with Gasteiger partial charge < -0.3 is 30.1 Å². The molecule has 0 aromatic carbocycles. The number of ether oxygens (including phenoxy) is 3. The van der Waals surface area contributed by atoms with E-state index in [2.05, 4.69) is 9.47 Å². The number of amides is 2. The molecule has 0 aliphatic heterocycles. The van der Waals surface area contributed by atoms with E-state index in [4.69, 9.17) is 4.74 Å². The number of quaternary nitrogens is 2. The molecule has 0 aliphatic carbocycles. The molecule has 4 N–H and O–H groups in total. The smallest absolute Gasteiger partial charge is 0.430 e. The molecule has 59 heavy (non-hydrogen) atoms. The van der Waals surface area contributed by atoms with Crippen molar-refractivity contribution in [1.29, 1.82) is 0 Å². The van der Waals surface area contributed by atoms with Gasteiger partial charge >= 0.3 is 48.9 Å². The summed E-state index contributed by atoms with van der Waals surface area (Å²) >= 11 is 0. The van der Waals surface area contributed by atoms with Crippen molar-refractivity contribution in [1.82, 2.24) is 10.6 Å². The summed E-state index contributed by atoms with van der Waals surface area (Å²) in [6.45, 7) is -7.95. The van der Waals surface area contributed by atoms with Crippen molar-refractivity contribution in [2.75, 3.05) is 73.2 Å². The predicted molar refractivity (Wildman–Crippen MR) is 156 cm³/mol. The average Bonchev–Trinajstić information content (AvgIpc) is 3.00. The maximum atomic E-state index is 13.9. The van der Waals surface area contributed by atoms with Crippen LogP contribution in [-0.2, 0) is 33.4 Å². The Morgan fingerprint density at radius 2 is 0.898 bits per heavy atom. The summed E-state index contributed by atoms with van der Waals surface area (Å²) in [5.74, 6) is -8.25. The first-order valence-corrected chi connectivity index (χ1v) is 16.0. The number of alkyl halides is 18. The molecule has 2 amide bonds. The minimum absolute atomic E-state index is 0.336. The molecule has 0 radical (unpaired) electrons. The third kappa shape index (κ3) is 16.1. The van der Waals surface area contributed by atoms with Gasteiger partial charge in [-0.1, -0.05) is 0 Å². The van der Waals surface area contributed by atoms with Gasteiger partial charge in [-0.05, 0) is 13.8 Å². The minimum Gasteiger partial charge on any atom is -0.477 e. The molecule has 6 unspecified atom stereocenters. The number of carboxylic acid groups (broad SMARTS) is 2. The molecule has 0 saturated carbocycles. The maximum absolute atomic E-state index is 13.9. The van der Waals surface area contributed by atoms with E-state index < -0.39 is 160 Å². The number of carboxylic acids is 2. The Bertz CT molecular complexity index is 1440. The largest absolute Gasteiger partial charge is 0.477 e. The molecule has 0 heterocycles. The summed E-state index contributed by atoms with van der Waals surface area (Å²) < 4.78 is 249. The topological polar surface area (TPSA) is 160 Å². The average molecular weight is 917 g/mol. The molecule has 0 rings (SSSR count). The lowest BCUT2D eigenvalue weighted by Gasteiger charge is -2.35. The van der Waals surface area contributed by atoms with Gasteiger partial charge in [0.1, 0.15) is 13.1 Å². The highest BCUT2D eigenvalue weighted by Gasteiger charge is 2.72. The van der Waals surface area contributed by atoms with Crippen LogP contribution in [0.25, 0.3) is 0 Å².